The van der Waals surface area contributed by atoms with Crippen LogP contribution in [0.2, 0.25) is 0 Å². The average molecular weight is 313 g/mol. The number of hydrogen-bond acceptors (Lipinski definition) is 3. The van der Waals surface area contributed by atoms with E-state index in [9.17, 15) is 9.32 Å². The third kappa shape index (κ3) is 1.63. The van der Waals surface area contributed by atoms with E-state index in [-0.39, 0.29) is 11.8 Å². The Morgan fingerprint density at radius 3 is 3.17 bits per heavy atom. The van der Waals surface area contributed by atoms with Crippen molar-refractivity contribution in [3.63, 3.8) is 0 Å². The predicted octanol–water partition coefficient (Wildman–Crippen LogP) is 2.87. The molecule has 0 saturated heterocycles. The first-order valence-corrected chi connectivity index (χ1v) is 6.34. The Morgan fingerprint density at radius 1 is 1.67 bits per heavy atom. The molecule has 0 aliphatic heterocycles. The van der Waals surface area contributed by atoms with Gasteiger partial charge in [-0.05, 0) is 34.0 Å². The Balaban J connectivity index is 2.07. The Morgan fingerprint density at radius 2 is 2.44 bits per heavy atom. The van der Waals surface area contributed by atoms with Gasteiger partial charge in [0.15, 0.2) is 0 Å². The van der Waals surface area contributed by atoms with Crippen molar-refractivity contribution in [2.24, 2.45) is 13.0 Å². The topological polar surface area (TPSA) is 44.1 Å². The first-order valence-electron chi connectivity index (χ1n) is 5.55. The van der Waals surface area contributed by atoms with Crippen LogP contribution in [0.4, 0.5) is 4.53 Å². The normalized spacial score (nSPS) is 22.2. The first kappa shape index (κ1) is 11.6. The number of fused-ring (bicyclic) bond motifs is 1. The molecule has 2 aromatic heterocycles. The second-order valence-electron chi connectivity index (χ2n) is 4.53. The quantitative estimate of drug-likeness (QED) is 0.856. The van der Waals surface area contributed by atoms with E-state index in [1.807, 2.05) is 23.9 Å². The first-order chi connectivity index (χ1) is 8.63. The molecule has 1 fully saturated rings. The van der Waals surface area contributed by atoms with Gasteiger partial charge in [0.05, 0.1) is 5.92 Å². The molecule has 0 N–H and O–H groups in total. The summed E-state index contributed by atoms with van der Waals surface area (Å²) in [6.45, 7) is 0. The Hall–Kier alpha value is -1.43. The zero-order chi connectivity index (χ0) is 12.9. The fraction of sp³-hybridized carbons (Fsp3) is 0.333. The summed E-state index contributed by atoms with van der Waals surface area (Å²) in [5.74, 6) is -1.12. The predicted molar refractivity (Wildman–Crippen MR) is 66.5 cm³/mol. The fourth-order valence-electron chi connectivity index (χ4n) is 2.43. The summed E-state index contributed by atoms with van der Waals surface area (Å²) in [4.78, 5) is 18.8. The minimum Gasteiger partial charge on any atom is -0.335 e. The standard InChI is InChI=1S/C12H10BrFN2O2/c1-16-5-8(6-4-7(6)12(17)18-14)10-9(13)2-3-15-11(10)16/h2-3,5-7H,4H2,1H3. The molecule has 0 spiro atoms. The summed E-state index contributed by atoms with van der Waals surface area (Å²) in [6, 6.07) is 1.86. The van der Waals surface area contributed by atoms with Crippen LogP contribution in [0.15, 0.2) is 22.9 Å². The number of pyridine rings is 1. The van der Waals surface area contributed by atoms with Crippen molar-refractivity contribution >= 4 is 32.9 Å². The summed E-state index contributed by atoms with van der Waals surface area (Å²) in [5.41, 5.74) is 1.86. The van der Waals surface area contributed by atoms with Gasteiger partial charge in [0, 0.05) is 39.7 Å². The van der Waals surface area contributed by atoms with Crippen molar-refractivity contribution in [2.45, 2.75) is 12.3 Å². The second kappa shape index (κ2) is 4.05. The number of carbonyl (C=O) groups is 1. The molecule has 0 bridgehead atoms. The lowest BCUT2D eigenvalue weighted by Gasteiger charge is -1.98. The lowest BCUT2D eigenvalue weighted by molar-refractivity contribution is -0.185. The molecular weight excluding hydrogens is 303 g/mol. The van der Waals surface area contributed by atoms with Gasteiger partial charge in [-0.25, -0.2) is 9.78 Å². The van der Waals surface area contributed by atoms with Gasteiger partial charge in [0.25, 0.3) is 0 Å². The third-order valence-electron chi connectivity index (χ3n) is 3.40. The fourth-order valence-corrected chi connectivity index (χ4v) is 2.96. The molecular formula is C12H10BrFN2O2. The van der Waals surface area contributed by atoms with Crippen LogP contribution in [0.25, 0.3) is 11.0 Å². The third-order valence-corrected chi connectivity index (χ3v) is 4.07. The van der Waals surface area contributed by atoms with Crippen LogP contribution >= 0.6 is 15.9 Å². The SMILES string of the molecule is Cn1cc(C2CC2C(=O)OF)c2c(Br)ccnc21. The molecule has 2 heterocycles. The average Bonchev–Trinajstić information content (AvgIpc) is 3.09. The molecule has 6 heteroatoms. The molecule has 1 aliphatic rings. The van der Waals surface area contributed by atoms with Crippen molar-refractivity contribution in [2.75, 3.05) is 0 Å². The molecule has 1 saturated carbocycles. The van der Waals surface area contributed by atoms with Crippen LogP contribution in [0.3, 0.4) is 0 Å². The zero-order valence-electron chi connectivity index (χ0n) is 9.56. The number of halogens is 2. The molecule has 0 radical (unpaired) electrons. The van der Waals surface area contributed by atoms with E-state index in [0.717, 1.165) is 21.1 Å². The van der Waals surface area contributed by atoms with Crippen LogP contribution in [0.1, 0.15) is 17.9 Å². The Kier molecular flexibility index (Phi) is 2.62. The zero-order valence-corrected chi connectivity index (χ0v) is 11.1. The minimum absolute atomic E-state index is 0.0254. The minimum atomic E-state index is -0.781. The molecule has 2 unspecified atom stereocenters. The van der Waals surface area contributed by atoms with Crippen molar-refractivity contribution in [3.8, 4) is 0 Å². The van der Waals surface area contributed by atoms with Crippen LogP contribution in [-0.2, 0) is 16.8 Å². The van der Waals surface area contributed by atoms with Crippen molar-refractivity contribution < 1.29 is 14.3 Å². The van der Waals surface area contributed by atoms with Crippen molar-refractivity contribution in [3.05, 3.63) is 28.5 Å². The van der Waals surface area contributed by atoms with Gasteiger partial charge >= 0.3 is 5.97 Å². The summed E-state index contributed by atoms with van der Waals surface area (Å²) in [5, 5.41) is 0.985. The number of carbonyl (C=O) groups excluding carboxylic acids is 1. The Labute approximate surface area is 111 Å². The van der Waals surface area contributed by atoms with Crippen molar-refractivity contribution in [1.29, 1.82) is 0 Å². The van der Waals surface area contributed by atoms with E-state index in [1.54, 1.807) is 6.20 Å². The van der Waals surface area contributed by atoms with Gasteiger partial charge in [-0.2, -0.15) is 0 Å². The Bertz CT molecular complexity index is 640. The van der Waals surface area contributed by atoms with Gasteiger partial charge in [0.2, 0.25) is 0 Å². The van der Waals surface area contributed by atoms with E-state index >= 15 is 0 Å². The largest absolute Gasteiger partial charge is 0.352 e. The highest BCUT2D eigenvalue weighted by Gasteiger charge is 2.47. The molecule has 0 amide bonds. The number of hydrogen-bond donors (Lipinski definition) is 0. The number of aryl methyl sites for hydroxylation is 1. The molecule has 94 valence electrons. The highest BCUT2D eigenvalue weighted by Crippen LogP contribution is 2.51. The summed E-state index contributed by atoms with van der Waals surface area (Å²) in [7, 11) is 1.90. The maximum Gasteiger partial charge on any atom is 0.352 e. The van der Waals surface area contributed by atoms with Gasteiger partial charge in [-0.1, -0.05) is 0 Å². The lowest BCUT2D eigenvalue weighted by atomic mass is 10.1. The van der Waals surface area contributed by atoms with Gasteiger partial charge in [-0.15, -0.1) is 0 Å². The van der Waals surface area contributed by atoms with Crippen LogP contribution < -0.4 is 0 Å². The van der Waals surface area contributed by atoms with Gasteiger partial charge in [-0.3, -0.25) is 4.94 Å². The van der Waals surface area contributed by atoms with E-state index in [2.05, 4.69) is 25.9 Å². The maximum absolute atomic E-state index is 11.9. The summed E-state index contributed by atoms with van der Waals surface area (Å²) in [6.07, 6.45) is 4.29. The van der Waals surface area contributed by atoms with E-state index in [1.165, 1.54) is 0 Å². The second-order valence-corrected chi connectivity index (χ2v) is 5.39. The molecule has 2 atom stereocenters. The highest BCUT2D eigenvalue weighted by atomic mass is 79.9. The summed E-state index contributed by atoms with van der Waals surface area (Å²) < 4.78 is 14.7. The van der Waals surface area contributed by atoms with E-state index in [0.29, 0.717) is 6.42 Å². The summed E-state index contributed by atoms with van der Waals surface area (Å²) >= 11 is 3.49. The van der Waals surface area contributed by atoms with Crippen molar-refractivity contribution in [1.82, 2.24) is 9.55 Å². The number of aromatic nitrogens is 2. The molecule has 4 nitrogen and oxygen atoms in total. The van der Waals surface area contributed by atoms with Crippen LogP contribution in [0, 0.1) is 5.92 Å². The molecule has 3 rings (SSSR count). The molecule has 1 aliphatic carbocycles. The molecule has 2 aromatic rings. The number of nitrogens with zero attached hydrogens (tertiary/aromatic N) is 2. The maximum atomic E-state index is 11.9. The van der Waals surface area contributed by atoms with Gasteiger partial charge < -0.3 is 4.57 Å². The lowest BCUT2D eigenvalue weighted by Crippen LogP contribution is -2.01. The van der Waals surface area contributed by atoms with E-state index in [4.69, 9.17) is 0 Å². The molecule has 18 heavy (non-hydrogen) atoms. The van der Waals surface area contributed by atoms with Crippen LogP contribution in [0.5, 0.6) is 0 Å². The smallest absolute Gasteiger partial charge is 0.335 e. The van der Waals surface area contributed by atoms with Gasteiger partial charge in [0.1, 0.15) is 5.65 Å². The number of rotatable bonds is 2. The highest BCUT2D eigenvalue weighted by molar-refractivity contribution is 9.10. The molecule has 0 aromatic carbocycles. The monoisotopic (exact) mass is 312 g/mol. The van der Waals surface area contributed by atoms with E-state index < -0.39 is 5.97 Å². The van der Waals surface area contributed by atoms with Crippen LogP contribution in [-0.4, -0.2) is 15.5 Å².